The number of nitrogens with zero attached hydrogens (tertiary/aromatic N) is 2. The Labute approximate surface area is 102 Å². The summed E-state index contributed by atoms with van der Waals surface area (Å²) in [6, 6.07) is 6.02. The molecule has 1 aromatic carbocycles. The molecule has 0 saturated carbocycles. The van der Waals surface area contributed by atoms with Gasteiger partial charge in [-0.1, -0.05) is 13.0 Å². The Balaban J connectivity index is 2.49. The molecule has 2 aromatic rings. The number of nitrogens with two attached hydrogens (primary N) is 1. The molecule has 0 spiro atoms. The van der Waals surface area contributed by atoms with E-state index >= 15 is 0 Å². The molecule has 0 atom stereocenters. The average molecular weight is 229 g/mol. The second kappa shape index (κ2) is 4.62. The number of anilines is 1. The first-order valence-corrected chi connectivity index (χ1v) is 6.02. The smallest absolute Gasteiger partial charge is 0.0571 e. The van der Waals surface area contributed by atoms with E-state index in [1.54, 1.807) is 0 Å². The lowest BCUT2D eigenvalue weighted by atomic mass is 10.0. The Morgan fingerprint density at radius 1 is 1.24 bits per heavy atom. The first-order valence-electron chi connectivity index (χ1n) is 6.02. The summed E-state index contributed by atoms with van der Waals surface area (Å²) in [6.45, 7) is 7.34. The van der Waals surface area contributed by atoms with Gasteiger partial charge in [-0.25, -0.2) is 0 Å². The molecule has 0 bridgehead atoms. The first kappa shape index (κ1) is 11.7. The van der Waals surface area contributed by atoms with E-state index < -0.39 is 0 Å². The Kier molecular flexibility index (Phi) is 3.18. The first-order chi connectivity index (χ1) is 8.13. The highest BCUT2D eigenvalue weighted by atomic mass is 15.3. The van der Waals surface area contributed by atoms with Crippen LogP contribution >= 0.6 is 0 Å². The Hall–Kier alpha value is -1.77. The molecule has 0 saturated heterocycles. The van der Waals surface area contributed by atoms with Gasteiger partial charge in [0.1, 0.15) is 0 Å². The van der Waals surface area contributed by atoms with Gasteiger partial charge in [-0.15, -0.1) is 0 Å². The maximum Gasteiger partial charge on any atom is 0.0571 e. The molecule has 1 aromatic heterocycles. The highest BCUT2D eigenvalue weighted by Crippen LogP contribution is 2.28. The molecule has 90 valence electrons. The molecule has 0 radical (unpaired) electrons. The largest absolute Gasteiger partial charge is 0.399 e. The van der Waals surface area contributed by atoms with Gasteiger partial charge < -0.3 is 5.73 Å². The van der Waals surface area contributed by atoms with Crippen LogP contribution in [0.25, 0.3) is 11.1 Å². The van der Waals surface area contributed by atoms with E-state index in [0.29, 0.717) is 0 Å². The van der Waals surface area contributed by atoms with Crippen LogP contribution in [0, 0.1) is 13.8 Å². The molecule has 2 N–H and O–H groups in total. The number of rotatable bonds is 3. The van der Waals surface area contributed by atoms with Crippen LogP contribution in [-0.4, -0.2) is 9.78 Å². The van der Waals surface area contributed by atoms with Gasteiger partial charge in [-0.2, -0.15) is 5.10 Å². The molecule has 0 fully saturated rings. The van der Waals surface area contributed by atoms with Crippen LogP contribution in [0.2, 0.25) is 0 Å². The lowest BCUT2D eigenvalue weighted by Gasteiger charge is -2.07. The molecular weight excluding hydrogens is 210 g/mol. The molecular formula is C14H19N3. The van der Waals surface area contributed by atoms with Crippen molar-refractivity contribution in [3.63, 3.8) is 0 Å². The zero-order valence-corrected chi connectivity index (χ0v) is 10.7. The van der Waals surface area contributed by atoms with Crippen molar-refractivity contribution >= 4 is 5.69 Å². The van der Waals surface area contributed by atoms with Crippen molar-refractivity contribution in [2.24, 2.45) is 0 Å². The van der Waals surface area contributed by atoms with Crippen LogP contribution in [0.1, 0.15) is 24.6 Å². The summed E-state index contributed by atoms with van der Waals surface area (Å²) in [5, 5.41) is 4.43. The average Bonchev–Trinajstić information content (AvgIpc) is 2.65. The van der Waals surface area contributed by atoms with Crippen molar-refractivity contribution in [2.45, 2.75) is 33.7 Å². The van der Waals surface area contributed by atoms with Gasteiger partial charge in [0, 0.05) is 23.5 Å². The molecule has 0 aliphatic rings. The molecule has 3 nitrogen and oxygen atoms in total. The number of hydrogen-bond acceptors (Lipinski definition) is 2. The summed E-state index contributed by atoms with van der Waals surface area (Å²) < 4.78 is 2.05. The van der Waals surface area contributed by atoms with Gasteiger partial charge in [0.15, 0.2) is 0 Å². The number of hydrogen-bond donors (Lipinski definition) is 1. The van der Waals surface area contributed by atoms with Gasteiger partial charge >= 0.3 is 0 Å². The number of nitrogen functional groups attached to an aromatic ring is 1. The van der Waals surface area contributed by atoms with Crippen LogP contribution in [0.15, 0.2) is 24.4 Å². The fourth-order valence-electron chi connectivity index (χ4n) is 2.08. The number of benzene rings is 1. The summed E-state index contributed by atoms with van der Waals surface area (Å²) >= 11 is 0. The third-order valence-electron chi connectivity index (χ3n) is 3.09. The lowest BCUT2D eigenvalue weighted by molar-refractivity contribution is 0.587. The minimum absolute atomic E-state index is 0.799. The van der Waals surface area contributed by atoms with Crippen molar-refractivity contribution in [2.75, 3.05) is 5.73 Å². The Morgan fingerprint density at radius 2 is 2.00 bits per heavy atom. The molecule has 17 heavy (non-hydrogen) atoms. The van der Waals surface area contributed by atoms with Crippen molar-refractivity contribution in [1.82, 2.24) is 9.78 Å². The van der Waals surface area contributed by atoms with Crippen LogP contribution in [0.5, 0.6) is 0 Å². The van der Waals surface area contributed by atoms with Crippen molar-refractivity contribution in [3.8, 4) is 11.1 Å². The van der Waals surface area contributed by atoms with Crippen molar-refractivity contribution < 1.29 is 0 Å². The maximum atomic E-state index is 5.85. The quantitative estimate of drug-likeness (QED) is 0.822. The Bertz CT molecular complexity index is 526. The van der Waals surface area contributed by atoms with E-state index in [-0.39, 0.29) is 0 Å². The SMILES string of the molecule is CCCn1ncc(-c2cc(N)ccc2C)c1C. The summed E-state index contributed by atoms with van der Waals surface area (Å²) in [6.07, 6.45) is 3.03. The van der Waals surface area contributed by atoms with Crippen molar-refractivity contribution in [3.05, 3.63) is 35.7 Å². The van der Waals surface area contributed by atoms with Crippen molar-refractivity contribution in [1.29, 1.82) is 0 Å². The van der Waals surface area contributed by atoms with E-state index in [2.05, 4.69) is 36.6 Å². The fraction of sp³-hybridized carbons (Fsp3) is 0.357. The summed E-state index contributed by atoms with van der Waals surface area (Å²) in [5.41, 5.74) is 11.5. The Morgan fingerprint density at radius 3 is 2.71 bits per heavy atom. The maximum absolute atomic E-state index is 5.85. The van der Waals surface area contributed by atoms with Gasteiger partial charge in [0.25, 0.3) is 0 Å². The predicted octanol–water partition coefficient (Wildman–Crippen LogP) is 3.16. The monoisotopic (exact) mass is 229 g/mol. The minimum atomic E-state index is 0.799. The van der Waals surface area contributed by atoms with E-state index in [1.807, 2.05) is 18.3 Å². The molecule has 1 heterocycles. The zero-order chi connectivity index (χ0) is 12.4. The highest BCUT2D eigenvalue weighted by Gasteiger charge is 2.10. The molecule has 0 unspecified atom stereocenters. The zero-order valence-electron chi connectivity index (χ0n) is 10.7. The van der Waals surface area contributed by atoms with Crippen LogP contribution in [0.3, 0.4) is 0 Å². The van der Waals surface area contributed by atoms with Gasteiger partial charge in [0.05, 0.1) is 6.20 Å². The topological polar surface area (TPSA) is 43.8 Å². The predicted molar refractivity (Wildman–Crippen MR) is 71.8 cm³/mol. The van der Waals surface area contributed by atoms with Crippen LogP contribution in [-0.2, 0) is 6.54 Å². The third kappa shape index (κ3) is 2.18. The summed E-state index contributed by atoms with van der Waals surface area (Å²) in [4.78, 5) is 0. The van der Waals surface area contributed by atoms with E-state index in [0.717, 1.165) is 18.7 Å². The minimum Gasteiger partial charge on any atom is -0.399 e. The second-order valence-corrected chi connectivity index (χ2v) is 4.44. The lowest BCUT2D eigenvalue weighted by Crippen LogP contribution is -2.01. The molecule has 0 aliphatic heterocycles. The van der Waals surface area contributed by atoms with E-state index in [4.69, 9.17) is 5.73 Å². The van der Waals surface area contributed by atoms with Crippen LogP contribution in [0.4, 0.5) is 5.69 Å². The second-order valence-electron chi connectivity index (χ2n) is 4.44. The third-order valence-corrected chi connectivity index (χ3v) is 3.09. The molecule has 0 aliphatic carbocycles. The normalized spacial score (nSPS) is 10.8. The van der Waals surface area contributed by atoms with Gasteiger partial charge in [-0.3, -0.25) is 4.68 Å². The molecule has 0 amide bonds. The standard InChI is InChI=1S/C14H19N3/c1-4-7-17-11(3)14(9-16-17)13-8-12(15)6-5-10(13)2/h5-6,8-9H,4,7,15H2,1-3H3. The fourth-order valence-corrected chi connectivity index (χ4v) is 2.08. The van der Waals surface area contributed by atoms with E-state index in [1.165, 1.54) is 22.4 Å². The highest BCUT2D eigenvalue weighted by molar-refractivity contribution is 5.72. The summed E-state index contributed by atoms with van der Waals surface area (Å²) in [7, 11) is 0. The van der Waals surface area contributed by atoms with Gasteiger partial charge in [-0.05, 0) is 43.5 Å². The number of aromatic nitrogens is 2. The van der Waals surface area contributed by atoms with Crippen LogP contribution < -0.4 is 5.73 Å². The van der Waals surface area contributed by atoms with E-state index in [9.17, 15) is 0 Å². The van der Waals surface area contributed by atoms with Gasteiger partial charge in [0.2, 0.25) is 0 Å². The molecule has 2 rings (SSSR count). The molecule has 3 heteroatoms. The summed E-state index contributed by atoms with van der Waals surface area (Å²) in [5.74, 6) is 0. The number of aryl methyl sites for hydroxylation is 2.